The van der Waals surface area contributed by atoms with Gasteiger partial charge in [-0.3, -0.25) is 0 Å². The average molecular weight is 372 g/mol. The van der Waals surface area contributed by atoms with Crippen LogP contribution in [0.15, 0.2) is 12.4 Å². The number of ether oxygens (including phenoxy) is 1. The molecule has 0 N–H and O–H groups in total. The second-order valence-electron chi connectivity index (χ2n) is 6.97. The quantitative estimate of drug-likeness (QED) is 0.714. The van der Waals surface area contributed by atoms with Crippen LogP contribution in [0, 0.1) is 0 Å². The molecule has 25 heavy (non-hydrogen) atoms. The topological polar surface area (TPSA) is 70.9 Å². The van der Waals surface area contributed by atoms with Gasteiger partial charge in [-0.15, -0.1) is 0 Å². The predicted molar refractivity (Wildman–Crippen MR) is 95.6 cm³/mol. The van der Waals surface area contributed by atoms with E-state index < -0.39 is 10.2 Å². The number of nitrogens with zero attached hydrogens (tertiary/aromatic N) is 5. The van der Waals surface area contributed by atoms with Crippen molar-refractivity contribution in [2.75, 3.05) is 60.0 Å². The summed E-state index contributed by atoms with van der Waals surface area (Å²) in [6.45, 7) is 4.88. The maximum absolute atomic E-state index is 12.7. The molecule has 0 radical (unpaired) electrons. The molecule has 0 aromatic carbocycles. The monoisotopic (exact) mass is 371 g/mol. The molecular weight excluding hydrogens is 342 g/mol. The van der Waals surface area contributed by atoms with Crippen LogP contribution in [0.4, 0.5) is 0 Å². The lowest BCUT2D eigenvalue weighted by Gasteiger charge is -2.36. The average Bonchev–Trinajstić information content (AvgIpc) is 3.09. The third-order valence-electron chi connectivity index (χ3n) is 4.98. The minimum absolute atomic E-state index is 0.327. The first-order valence-electron chi connectivity index (χ1n) is 8.97. The molecule has 0 atom stereocenters. The van der Waals surface area contributed by atoms with E-state index in [4.69, 9.17) is 4.74 Å². The van der Waals surface area contributed by atoms with E-state index in [2.05, 4.69) is 28.5 Å². The highest BCUT2D eigenvalue weighted by Gasteiger charge is 2.34. The summed E-state index contributed by atoms with van der Waals surface area (Å²) in [5.41, 5.74) is 0. The third-order valence-corrected chi connectivity index (χ3v) is 7.01. The minimum Gasteiger partial charge on any atom is -0.379 e. The van der Waals surface area contributed by atoms with E-state index in [1.807, 2.05) is 12.4 Å². The Morgan fingerprint density at radius 3 is 2.44 bits per heavy atom. The number of piperidine rings is 1. The summed E-state index contributed by atoms with van der Waals surface area (Å²) >= 11 is 0. The van der Waals surface area contributed by atoms with Gasteiger partial charge in [-0.05, 0) is 26.9 Å². The third kappa shape index (κ3) is 4.40. The van der Waals surface area contributed by atoms with Crippen molar-refractivity contribution >= 4 is 10.2 Å². The Morgan fingerprint density at radius 2 is 1.80 bits per heavy atom. The molecule has 8 nitrogen and oxygen atoms in total. The van der Waals surface area contributed by atoms with Gasteiger partial charge in [-0.1, -0.05) is 0 Å². The van der Waals surface area contributed by atoms with Gasteiger partial charge in [0.2, 0.25) is 0 Å². The Balaban J connectivity index is 1.59. The fourth-order valence-corrected chi connectivity index (χ4v) is 5.07. The van der Waals surface area contributed by atoms with Gasteiger partial charge >= 0.3 is 0 Å². The number of likely N-dealkylation sites (N-methyl/N-ethyl adjacent to an activating group) is 1. The lowest BCUT2D eigenvalue weighted by atomic mass is 9.97. The van der Waals surface area contributed by atoms with Crippen molar-refractivity contribution in [1.82, 2.24) is 23.1 Å². The summed E-state index contributed by atoms with van der Waals surface area (Å²) < 4.78 is 36.1. The number of morpholine rings is 1. The normalized spacial score (nSPS) is 21.9. The number of aromatic nitrogens is 2. The number of hydrogen-bond acceptors (Lipinski definition) is 5. The van der Waals surface area contributed by atoms with Crippen LogP contribution in [0.5, 0.6) is 0 Å². The first-order valence-corrected chi connectivity index (χ1v) is 10.4. The molecule has 1 aromatic rings. The first kappa shape index (κ1) is 18.8. The molecule has 2 fully saturated rings. The predicted octanol–water partition coefficient (Wildman–Crippen LogP) is 0.201. The van der Waals surface area contributed by atoms with Crippen LogP contribution in [0.25, 0.3) is 0 Å². The van der Waals surface area contributed by atoms with Gasteiger partial charge in [0.05, 0.1) is 13.2 Å². The molecule has 3 heterocycles. The number of rotatable bonds is 6. The summed E-state index contributed by atoms with van der Waals surface area (Å²) in [6.07, 6.45) is 5.52. The van der Waals surface area contributed by atoms with Crippen LogP contribution >= 0.6 is 0 Å². The standard InChI is InChI=1S/C16H29N5O3S/c1-18(2)9-10-19-8-5-17-16(19)15-3-6-20(7-4-15)25(22,23)21-11-13-24-14-12-21/h5,8,15H,3-4,6-7,9-14H2,1-2H3. The molecule has 0 bridgehead atoms. The van der Waals surface area contributed by atoms with Gasteiger partial charge in [0.25, 0.3) is 10.2 Å². The van der Waals surface area contributed by atoms with Crippen molar-refractivity contribution in [2.24, 2.45) is 0 Å². The van der Waals surface area contributed by atoms with Gasteiger partial charge in [0, 0.05) is 57.6 Å². The molecule has 1 aromatic heterocycles. The maximum Gasteiger partial charge on any atom is 0.282 e. The lowest BCUT2D eigenvalue weighted by molar-refractivity contribution is 0.0695. The van der Waals surface area contributed by atoms with Crippen molar-refractivity contribution < 1.29 is 13.2 Å². The summed E-state index contributed by atoms with van der Waals surface area (Å²) in [5, 5.41) is 0. The summed E-state index contributed by atoms with van der Waals surface area (Å²) in [4.78, 5) is 6.70. The van der Waals surface area contributed by atoms with Crippen LogP contribution < -0.4 is 0 Å². The van der Waals surface area contributed by atoms with Crippen LogP contribution in [0.3, 0.4) is 0 Å². The summed E-state index contributed by atoms with van der Waals surface area (Å²) in [7, 11) is 0.766. The van der Waals surface area contributed by atoms with E-state index in [0.29, 0.717) is 45.3 Å². The second kappa shape index (κ2) is 8.13. The van der Waals surface area contributed by atoms with E-state index in [0.717, 1.165) is 31.8 Å². The van der Waals surface area contributed by atoms with Crippen LogP contribution in [0.2, 0.25) is 0 Å². The molecule has 0 aliphatic carbocycles. The lowest BCUT2D eigenvalue weighted by Crippen LogP contribution is -2.50. The fourth-order valence-electron chi connectivity index (χ4n) is 3.46. The number of imidazole rings is 1. The Morgan fingerprint density at radius 1 is 1.16 bits per heavy atom. The molecule has 9 heteroatoms. The molecule has 142 valence electrons. The fraction of sp³-hybridized carbons (Fsp3) is 0.812. The van der Waals surface area contributed by atoms with E-state index in [1.165, 1.54) is 0 Å². The SMILES string of the molecule is CN(C)CCn1ccnc1C1CCN(S(=O)(=O)N2CCOCC2)CC1. The molecule has 0 unspecified atom stereocenters. The largest absolute Gasteiger partial charge is 0.379 e. The van der Waals surface area contributed by atoms with Crippen molar-refractivity contribution in [3.63, 3.8) is 0 Å². The zero-order valence-corrected chi connectivity index (χ0v) is 16.0. The summed E-state index contributed by atoms with van der Waals surface area (Å²) in [5.74, 6) is 1.42. The van der Waals surface area contributed by atoms with Crippen molar-refractivity contribution in [3.05, 3.63) is 18.2 Å². The Hall–Kier alpha value is -1.00. The highest BCUT2D eigenvalue weighted by molar-refractivity contribution is 7.86. The molecule has 3 rings (SSSR count). The smallest absolute Gasteiger partial charge is 0.282 e. The van der Waals surface area contributed by atoms with Crippen LogP contribution in [0.1, 0.15) is 24.6 Å². The number of hydrogen-bond donors (Lipinski definition) is 0. The Labute approximate surface area is 150 Å². The molecular formula is C16H29N5O3S. The van der Waals surface area contributed by atoms with Gasteiger partial charge < -0.3 is 14.2 Å². The van der Waals surface area contributed by atoms with Crippen molar-refractivity contribution in [1.29, 1.82) is 0 Å². The zero-order valence-electron chi connectivity index (χ0n) is 15.2. The Kier molecular flexibility index (Phi) is 6.11. The molecule has 0 saturated carbocycles. The highest BCUT2D eigenvalue weighted by atomic mass is 32.2. The molecule has 2 aliphatic rings. The van der Waals surface area contributed by atoms with Gasteiger partial charge in [-0.2, -0.15) is 17.0 Å². The van der Waals surface area contributed by atoms with Gasteiger partial charge in [0.1, 0.15) is 5.82 Å². The maximum atomic E-state index is 12.7. The van der Waals surface area contributed by atoms with E-state index >= 15 is 0 Å². The summed E-state index contributed by atoms with van der Waals surface area (Å²) in [6, 6.07) is 0. The van der Waals surface area contributed by atoms with Crippen molar-refractivity contribution in [2.45, 2.75) is 25.3 Å². The molecule has 0 spiro atoms. The van der Waals surface area contributed by atoms with Crippen LogP contribution in [-0.4, -0.2) is 91.5 Å². The van der Waals surface area contributed by atoms with E-state index in [1.54, 1.807) is 8.61 Å². The molecule has 2 saturated heterocycles. The highest BCUT2D eigenvalue weighted by Crippen LogP contribution is 2.29. The molecule has 2 aliphatic heterocycles. The van der Waals surface area contributed by atoms with Crippen LogP contribution in [-0.2, 0) is 21.5 Å². The van der Waals surface area contributed by atoms with Crippen molar-refractivity contribution in [3.8, 4) is 0 Å². The van der Waals surface area contributed by atoms with E-state index in [9.17, 15) is 8.42 Å². The van der Waals surface area contributed by atoms with E-state index in [-0.39, 0.29) is 0 Å². The zero-order chi connectivity index (χ0) is 17.9. The second-order valence-corrected chi connectivity index (χ2v) is 8.90. The minimum atomic E-state index is -3.36. The molecule has 0 amide bonds. The first-order chi connectivity index (χ1) is 12.0. The van der Waals surface area contributed by atoms with Gasteiger partial charge in [-0.25, -0.2) is 4.98 Å². The van der Waals surface area contributed by atoms with Gasteiger partial charge in [0.15, 0.2) is 0 Å². The Bertz CT molecular complexity index is 646.